The molecule has 2 aliphatic carbocycles. The number of carboxylic acids is 1. The van der Waals surface area contributed by atoms with Gasteiger partial charge in [-0.15, -0.1) is 0 Å². The highest BCUT2D eigenvalue weighted by Gasteiger charge is 2.53. The maximum absolute atomic E-state index is 16.3. The summed E-state index contributed by atoms with van der Waals surface area (Å²) in [5, 5.41) is 50.8. The van der Waals surface area contributed by atoms with E-state index in [9.17, 15) is 44.4 Å². The number of phenolic OH excluding ortho intramolecular Hbond substituents is 1. The zero-order valence-electron chi connectivity index (χ0n) is 46.4. The van der Waals surface area contributed by atoms with Crippen LogP contribution in [0, 0.1) is 31.5 Å². The molecule has 2 aromatic heterocycles. The van der Waals surface area contributed by atoms with E-state index in [2.05, 4.69) is 10.6 Å². The first-order valence-electron chi connectivity index (χ1n) is 27.2. The van der Waals surface area contributed by atoms with Crippen LogP contribution in [0.15, 0.2) is 64.6 Å². The topological polar surface area (TPSA) is 324 Å². The number of fused-ring (bicyclic) bond motifs is 15. The fraction of sp³-hybridized carbons (Fsp3) is 0.500. The van der Waals surface area contributed by atoms with Crippen molar-refractivity contribution in [1.29, 1.82) is 0 Å². The molecule has 5 bridgehead atoms. The van der Waals surface area contributed by atoms with Crippen LogP contribution in [0.25, 0.3) is 5.52 Å². The number of nitrogens with one attached hydrogen (secondary N) is 2. The summed E-state index contributed by atoms with van der Waals surface area (Å²) in [6, 6.07) is -1.87. The summed E-state index contributed by atoms with van der Waals surface area (Å²) < 4.78 is 40.9. The molecule has 11 atom stereocenters. The Morgan fingerprint density at radius 2 is 1.59 bits per heavy atom. The molecule has 23 heteroatoms. The maximum atomic E-state index is 16.3. The number of methoxy groups -OCH3 is 1. The van der Waals surface area contributed by atoms with E-state index in [1.165, 1.54) is 58.3 Å². The standard InChI is InChI=1S/C58H70FN7O15/c1-25-11-9-12-26(2)55(74)63-43-46(64-18-10-13-32(22-64)62-33-16-19-65(23-33)45-28(4)44-34(31-14-15-31)21-35(57(76)77)56(75)66(44)24-36(45)59)50(71)38-39(49(43)70)48(69)29(5)52-40(38)54(73)58(7,81-52)79-20-17-37(78-8)27(3)53(80-30(6)67)42(61)51(72)41(60)47(25)68/h9,11-12,17,20-21,24-25,27,31-33,37,41-42,47,51,53,62,68-69,72H,10,13-16,18-19,22-23,60-61H2,1-8H3,(H,63,74)(H,76,77)/b11-9+,20-17?,26-12-/t25-,27+,32?,33-,37-,41+,42+,47-,51+,53+,58-/m0/s1. The summed E-state index contributed by atoms with van der Waals surface area (Å²) in [5.41, 5.74) is 11.6. The van der Waals surface area contributed by atoms with Crippen LogP contribution < -0.4 is 37.3 Å². The number of ether oxygens (including phenoxy) is 4. The van der Waals surface area contributed by atoms with Gasteiger partial charge in [-0.05, 0) is 82.1 Å². The number of aromatic nitrogens is 1. The first kappa shape index (κ1) is 58.4. The van der Waals surface area contributed by atoms with Gasteiger partial charge in [0.2, 0.25) is 11.6 Å². The Morgan fingerprint density at radius 3 is 2.26 bits per heavy atom. The number of aryl methyl sites for hydroxylation is 1. The largest absolute Gasteiger partial charge is 0.507 e. The number of carboxylic acid groups (broad SMARTS) is 1. The Balaban J connectivity index is 1.06. The highest BCUT2D eigenvalue weighted by atomic mass is 19.1. The molecule has 7 heterocycles. The molecular formula is C58H70FN7O15. The van der Waals surface area contributed by atoms with Gasteiger partial charge >= 0.3 is 17.7 Å². The Labute approximate surface area is 466 Å². The summed E-state index contributed by atoms with van der Waals surface area (Å²) in [6.45, 7) is 11.4. The van der Waals surface area contributed by atoms with Gasteiger partial charge in [0.15, 0.2) is 5.82 Å². The van der Waals surface area contributed by atoms with Gasteiger partial charge in [-0.2, -0.15) is 0 Å². The van der Waals surface area contributed by atoms with Crippen LogP contribution in [0.4, 0.5) is 10.1 Å². The summed E-state index contributed by atoms with van der Waals surface area (Å²) >= 11 is 0. The van der Waals surface area contributed by atoms with Crippen LogP contribution in [-0.2, 0) is 23.8 Å². The number of Topliss-reactive ketones (excluding diaryl/α,β-unsaturated/α-hetero) is 3. The van der Waals surface area contributed by atoms with Crippen molar-refractivity contribution in [2.75, 3.05) is 38.2 Å². The number of likely N-dealkylation sites (tertiary alicyclic amines) is 1. The van der Waals surface area contributed by atoms with Crippen LogP contribution >= 0.6 is 0 Å². The number of ketones is 3. The third kappa shape index (κ3) is 10.7. The van der Waals surface area contributed by atoms with Gasteiger partial charge in [-0.1, -0.05) is 32.1 Å². The number of allylic oxidation sites excluding steroid dienone is 4. The molecule has 1 unspecified atom stereocenters. The fourth-order valence-electron chi connectivity index (χ4n) is 12.1. The number of carbonyl (C=O) groups excluding carboxylic acids is 5. The lowest BCUT2D eigenvalue weighted by Gasteiger charge is -2.39. The minimum Gasteiger partial charge on any atom is -0.507 e. The number of nitrogens with zero attached hydrogens (tertiary/aromatic N) is 3. The van der Waals surface area contributed by atoms with Crippen LogP contribution in [0.2, 0.25) is 0 Å². The lowest BCUT2D eigenvalue weighted by atomic mass is 9.82. The van der Waals surface area contributed by atoms with Crippen molar-refractivity contribution in [1.82, 2.24) is 19.9 Å². The molecule has 3 fully saturated rings. The number of benzene rings is 1. The lowest BCUT2D eigenvalue weighted by Crippen LogP contribution is -2.60. The number of anilines is 1. The third-order valence-corrected chi connectivity index (χ3v) is 16.8. The zero-order valence-corrected chi connectivity index (χ0v) is 46.4. The van der Waals surface area contributed by atoms with E-state index in [0.29, 0.717) is 54.7 Å². The Morgan fingerprint density at radius 1 is 0.901 bits per heavy atom. The normalized spacial score (nSPS) is 30.5. The summed E-state index contributed by atoms with van der Waals surface area (Å²) in [7, 11) is 1.35. The number of aliphatic hydroxyl groups excluding tert-OH is 2. The number of amides is 1. The SMILES string of the molecule is CO[C@H]1C=CO[C@@]2(C)Oc3c(C)c(O)c4c(c3C2=O)C(=O)C(N2CCCC(N[C@H]3CCN(c5c(F)cn6c(=O)c(C(=O)O)cc(C7CC7)c6c5C)C3)C2)=C(NC(=O)/C(C)=C\C=C\[C@H](C)[C@H](O)[C@@H](N)[C@@H](O)[C@@H](N)[C@H](OC(C)=O)[C@@H]1C)C4=O. The van der Waals surface area contributed by atoms with E-state index < -0.39 is 129 Å². The van der Waals surface area contributed by atoms with E-state index in [-0.39, 0.29) is 59.2 Å². The Kier molecular flexibility index (Phi) is 16.3. The molecule has 3 aromatic rings. The summed E-state index contributed by atoms with van der Waals surface area (Å²) in [4.78, 5) is 101. The monoisotopic (exact) mass is 1120 g/mol. The Hall–Kier alpha value is -7.28. The number of aromatic hydroxyl groups is 1. The second-order valence-electron chi connectivity index (χ2n) is 22.4. The molecule has 0 radical (unpaired) electrons. The van der Waals surface area contributed by atoms with Crippen LogP contribution in [0.3, 0.4) is 0 Å². The van der Waals surface area contributed by atoms with Gasteiger partial charge in [-0.25, -0.2) is 9.18 Å². The zero-order chi connectivity index (χ0) is 58.8. The minimum atomic E-state index is -2.20. The molecule has 1 amide bonds. The van der Waals surface area contributed by atoms with Crippen molar-refractivity contribution in [3.8, 4) is 11.5 Å². The van der Waals surface area contributed by atoms with Crippen molar-refractivity contribution in [2.45, 2.75) is 141 Å². The number of hydrogen-bond acceptors (Lipinski definition) is 19. The van der Waals surface area contributed by atoms with E-state index in [1.807, 2.05) is 4.90 Å². The molecule has 10 rings (SSSR count). The van der Waals surface area contributed by atoms with Gasteiger partial charge in [-0.3, -0.25) is 33.2 Å². The molecule has 434 valence electrons. The molecule has 1 aromatic carbocycles. The highest BCUT2D eigenvalue weighted by Crippen LogP contribution is 2.49. The van der Waals surface area contributed by atoms with Crippen molar-refractivity contribution in [3.05, 3.63) is 115 Å². The van der Waals surface area contributed by atoms with Gasteiger partial charge in [0.1, 0.15) is 34.6 Å². The molecular weight excluding hydrogens is 1050 g/mol. The van der Waals surface area contributed by atoms with Crippen LogP contribution in [0.5, 0.6) is 11.5 Å². The van der Waals surface area contributed by atoms with E-state index in [0.717, 1.165) is 36.6 Å². The second kappa shape index (κ2) is 22.6. The number of carbonyl (C=O) groups is 6. The summed E-state index contributed by atoms with van der Waals surface area (Å²) in [6.07, 6.45) is 5.94. The smallest absolute Gasteiger partial charge is 0.341 e. The molecule has 22 nitrogen and oxygen atoms in total. The van der Waals surface area contributed by atoms with E-state index >= 15 is 14.0 Å². The van der Waals surface area contributed by atoms with E-state index in [1.54, 1.807) is 25.7 Å². The third-order valence-electron chi connectivity index (χ3n) is 16.8. The second-order valence-corrected chi connectivity index (χ2v) is 22.4. The highest BCUT2D eigenvalue weighted by molar-refractivity contribution is 6.32. The molecule has 7 aliphatic rings. The fourth-order valence-corrected chi connectivity index (χ4v) is 12.1. The minimum absolute atomic E-state index is 0.0411. The van der Waals surface area contributed by atoms with Gasteiger partial charge in [0, 0.05) is 82.2 Å². The summed E-state index contributed by atoms with van der Waals surface area (Å²) in [5.74, 6) is -11.0. The van der Waals surface area contributed by atoms with Crippen molar-refractivity contribution in [3.63, 3.8) is 0 Å². The predicted molar refractivity (Wildman–Crippen MR) is 291 cm³/mol. The van der Waals surface area contributed by atoms with Crippen LogP contribution in [0.1, 0.15) is 131 Å². The van der Waals surface area contributed by atoms with Gasteiger partial charge in [0.25, 0.3) is 17.2 Å². The number of piperidine rings is 1. The Bertz CT molecular complexity index is 3330. The van der Waals surface area contributed by atoms with Crippen LogP contribution in [-0.4, -0.2) is 153 Å². The molecule has 0 spiro atoms. The number of hydrogen-bond donors (Lipinski definition) is 8. The number of esters is 1. The van der Waals surface area contributed by atoms with Crippen molar-refractivity contribution >= 4 is 46.4 Å². The number of aromatic carboxylic acids is 1. The van der Waals surface area contributed by atoms with Gasteiger partial charge in [0.05, 0.1) is 70.7 Å². The average molecular weight is 1120 g/mol. The number of pyridine rings is 2. The lowest BCUT2D eigenvalue weighted by molar-refractivity contribution is -0.155. The molecule has 1 saturated carbocycles. The van der Waals surface area contributed by atoms with Crippen molar-refractivity contribution in [2.24, 2.45) is 23.3 Å². The van der Waals surface area contributed by atoms with E-state index in [4.69, 9.17) is 30.4 Å². The average Bonchev–Trinajstić information content (AvgIpc) is 4.33. The number of phenols is 1. The predicted octanol–water partition coefficient (Wildman–Crippen LogP) is 3.31. The van der Waals surface area contributed by atoms with Crippen molar-refractivity contribution < 1.29 is 72.5 Å². The molecule has 81 heavy (non-hydrogen) atoms. The molecule has 10 N–H and O–H groups in total. The van der Waals surface area contributed by atoms with Gasteiger partial charge < -0.3 is 71.3 Å². The number of rotatable bonds is 8. The maximum Gasteiger partial charge on any atom is 0.341 e. The first-order valence-corrected chi connectivity index (χ1v) is 27.2. The number of aliphatic hydroxyl groups is 2. The quantitative estimate of drug-likeness (QED) is 0.150. The first-order chi connectivity index (χ1) is 38.3. The number of nitrogens with two attached hydrogens (primary N) is 2. The molecule has 5 aliphatic heterocycles. The molecule has 2 saturated heterocycles. The number of halogens is 1.